The van der Waals surface area contributed by atoms with Gasteiger partial charge in [0.25, 0.3) is 0 Å². The van der Waals surface area contributed by atoms with Crippen LogP contribution in [-0.4, -0.2) is 16.1 Å². The molecule has 1 aromatic heterocycles. The van der Waals surface area contributed by atoms with E-state index in [0.29, 0.717) is 6.08 Å². The van der Waals surface area contributed by atoms with Crippen LogP contribution in [-0.2, 0) is 4.79 Å². The molecule has 0 aromatic carbocycles. The van der Waals surface area contributed by atoms with Crippen molar-refractivity contribution in [2.45, 2.75) is 0 Å². The van der Waals surface area contributed by atoms with Gasteiger partial charge in [0, 0.05) is 6.08 Å². The molecule has 0 aliphatic rings. The maximum absolute atomic E-state index is 12.3. The predicted molar refractivity (Wildman–Crippen MR) is 33.2 cm³/mol. The van der Waals surface area contributed by atoms with Crippen LogP contribution in [0.3, 0.4) is 0 Å². The first-order valence-electron chi connectivity index (χ1n) is 2.70. The summed E-state index contributed by atoms with van der Waals surface area (Å²) in [5, 5.41) is 8.07. The molecule has 58 valence electrons. The van der Waals surface area contributed by atoms with Gasteiger partial charge < -0.3 is 9.52 Å². The van der Waals surface area contributed by atoms with Gasteiger partial charge in [0.15, 0.2) is 0 Å². The number of carbonyl (C=O) groups is 1. The average Bonchev–Trinajstić information content (AvgIpc) is 2.39. The number of carboxylic acid groups (broad SMARTS) is 1. The van der Waals surface area contributed by atoms with Crippen LogP contribution >= 0.6 is 0 Å². The van der Waals surface area contributed by atoms with Gasteiger partial charge in [0.1, 0.15) is 6.26 Å². The van der Waals surface area contributed by atoms with E-state index in [1.54, 1.807) is 0 Å². The highest BCUT2D eigenvalue weighted by Crippen LogP contribution is 2.04. The topological polar surface area (TPSA) is 63.3 Å². The molecule has 0 bridgehead atoms. The lowest BCUT2D eigenvalue weighted by Crippen LogP contribution is -1.93. The highest BCUT2D eigenvalue weighted by Gasteiger charge is 2.06. The second-order valence-electron chi connectivity index (χ2n) is 1.67. The molecule has 0 saturated heterocycles. The van der Waals surface area contributed by atoms with Crippen molar-refractivity contribution in [2.75, 3.05) is 0 Å². The second-order valence-corrected chi connectivity index (χ2v) is 1.67. The summed E-state index contributed by atoms with van der Waals surface area (Å²) in [6, 6.07) is 0. The van der Waals surface area contributed by atoms with E-state index in [1.807, 2.05) is 0 Å². The van der Waals surface area contributed by atoms with Crippen molar-refractivity contribution in [2.24, 2.45) is 0 Å². The van der Waals surface area contributed by atoms with Crippen LogP contribution in [0.1, 0.15) is 5.89 Å². The highest BCUT2D eigenvalue weighted by molar-refractivity contribution is 5.88. The number of nitrogens with zero attached hydrogens (tertiary/aromatic N) is 1. The van der Waals surface area contributed by atoms with E-state index in [2.05, 4.69) is 9.40 Å². The molecule has 11 heavy (non-hydrogen) atoms. The Morgan fingerprint density at radius 2 is 2.55 bits per heavy atom. The summed E-state index contributed by atoms with van der Waals surface area (Å²) >= 11 is 0. The SMILES string of the molecule is O=C(O)/C(F)=C\c1ncco1. The summed E-state index contributed by atoms with van der Waals surface area (Å²) in [5.41, 5.74) is 0. The van der Waals surface area contributed by atoms with E-state index in [9.17, 15) is 9.18 Å². The Hall–Kier alpha value is -1.65. The van der Waals surface area contributed by atoms with Gasteiger partial charge in [-0.15, -0.1) is 0 Å². The van der Waals surface area contributed by atoms with Gasteiger partial charge in [0.2, 0.25) is 11.7 Å². The molecule has 0 amide bonds. The number of rotatable bonds is 2. The van der Waals surface area contributed by atoms with Gasteiger partial charge in [-0.05, 0) is 0 Å². The van der Waals surface area contributed by atoms with Gasteiger partial charge in [-0.25, -0.2) is 9.78 Å². The maximum atomic E-state index is 12.3. The Morgan fingerprint density at radius 1 is 1.82 bits per heavy atom. The molecule has 1 aromatic rings. The smallest absolute Gasteiger partial charge is 0.364 e. The van der Waals surface area contributed by atoms with Crippen molar-refractivity contribution < 1.29 is 18.7 Å². The lowest BCUT2D eigenvalue weighted by molar-refractivity contribution is -0.134. The molecule has 0 radical (unpaired) electrons. The number of carboxylic acids is 1. The first-order valence-corrected chi connectivity index (χ1v) is 2.70. The third-order valence-electron chi connectivity index (χ3n) is 0.906. The van der Waals surface area contributed by atoms with Crippen molar-refractivity contribution in [3.05, 3.63) is 24.2 Å². The third-order valence-corrected chi connectivity index (χ3v) is 0.906. The van der Waals surface area contributed by atoms with E-state index in [-0.39, 0.29) is 5.89 Å². The standard InChI is InChI=1S/C6H4FNO3/c7-4(6(9)10)3-5-8-1-2-11-5/h1-3H,(H,9,10)/b4-3+. The van der Waals surface area contributed by atoms with Crippen LogP contribution in [0.4, 0.5) is 4.39 Å². The third kappa shape index (κ3) is 1.89. The number of aromatic nitrogens is 1. The number of halogens is 1. The fourth-order valence-electron chi connectivity index (χ4n) is 0.476. The van der Waals surface area contributed by atoms with Gasteiger partial charge in [-0.2, -0.15) is 4.39 Å². The second kappa shape index (κ2) is 2.96. The first-order chi connectivity index (χ1) is 5.20. The van der Waals surface area contributed by atoms with Crippen LogP contribution in [0, 0.1) is 0 Å². The summed E-state index contributed by atoms with van der Waals surface area (Å²) in [5.74, 6) is -3.00. The van der Waals surface area contributed by atoms with Crippen molar-refractivity contribution in [3.8, 4) is 0 Å². The van der Waals surface area contributed by atoms with Crippen LogP contribution < -0.4 is 0 Å². The molecule has 4 nitrogen and oxygen atoms in total. The van der Waals surface area contributed by atoms with Crippen LogP contribution in [0.25, 0.3) is 6.08 Å². The predicted octanol–water partition coefficient (Wildman–Crippen LogP) is 1.07. The van der Waals surface area contributed by atoms with Crippen LogP contribution in [0.15, 0.2) is 22.7 Å². The first kappa shape index (κ1) is 7.46. The minimum absolute atomic E-state index is 0.0649. The molecular formula is C6H4FNO3. The maximum Gasteiger partial charge on any atom is 0.364 e. The summed E-state index contributed by atoms with van der Waals surface area (Å²) in [7, 11) is 0. The van der Waals surface area contributed by atoms with Crippen molar-refractivity contribution in [3.63, 3.8) is 0 Å². The number of hydrogen-bond acceptors (Lipinski definition) is 3. The minimum Gasteiger partial charge on any atom is -0.476 e. The minimum atomic E-state index is -1.64. The van der Waals surface area contributed by atoms with Crippen molar-refractivity contribution in [1.82, 2.24) is 4.98 Å². The quantitative estimate of drug-likeness (QED) is 0.652. The summed E-state index contributed by atoms with van der Waals surface area (Å²) < 4.78 is 16.8. The Balaban J connectivity index is 2.82. The van der Waals surface area contributed by atoms with Crippen LogP contribution in [0.2, 0.25) is 0 Å². The summed E-state index contributed by atoms with van der Waals surface area (Å²) in [6.07, 6.45) is 3.21. The molecule has 0 unspecified atom stereocenters. The van der Waals surface area contributed by atoms with Gasteiger partial charge in [-0.3, -0.25) is 0 Å². The van der Waals surface area contributed by atoms with Gasteiger partial charge in [-0.1, -0.05) is 0 Å². The number of oxazole rings is 1. The molecule has 0 saturated carbocycles. The molecule has 0 aliphatic carbocycles. The molecule has 0 spiro atoms. The molecule has 0 fully saturated rings. The molecule has 0 atom stereocenters. The molecule has 5 heteroatoms. The largest absolute Gasteiger partial charge is 0.476 e. The Morgan fingerprint density at radius 3 is 3.00 bits per heavy atom. The van der Waals surface area contributed by atoms with Crippen LogP contribution in [0.5, 0.6) is 0 Å². The highest BCUT2D eigenvalue weighted by atomic mass is 19.1. The summed E-state index contributed by atoms with van der Waals surface area (Å²) in [6.45, 7) is 0. The summed E-state index contributed by atoms with van der Waals surface area (Å²) in [4.78, 5) is 13.4. The lowest BCUT2D eigenvalue weighted by atomic mass is 10.5. The van der Waals surface area contributed by atoms with E-state index in [4.69, 9.17) is 5.11 Å². The zero-order valence-electron chi connectivity index (χ0n) is 5.32. The van der Waals surface area contributed by atoms with Crippen molar-refractivity contribution >= 4 is 12.0 Å². The zero-order chi connectivity index (χ0) is 8.27. The molecule has 1 N–H and O–H groups in total. The molecule has 1 heterocycles. The van der Waals surface area contributed by atoms with Gasteiger partial charge >= 0.3 is 5.97 Å². The average molecular weight is 157 g/mol. The van der Waals surface area contributed by atoms with Gasteiger partial charge in [0.05, 0.1) is 6.20 Å². The van der Waals surface area contributed by atoms with E-state index in [1.165, 1.54) is 12.5 Å². The zero-order valence-corrected chi connectivity index (χ0v) is 5.32. The monoisotopic (exact) mass is 157 g/mol. The van der Waals surface area contributed by atoms with E-state index >= 15 is 0 Å². The van der Waals surface area contributed by atoms with E-state index in [0.717, 1.165) is 0 Å². The number of aliphatic carboxylic acids is 1. The lowest BCUT2D eigenvalue weighted by Gasteiger charge is -1.84. The fraction of sp³-hybridized carbons (Fsp3) is 0. The Bertz CT molecular complexity index is 278. The molecule has 0 aliphatic heterocycles. The molecular weight excluding hydrogens is 153 g/mol. The molecule has 1 rings (SSSR count). The Labute approximate surface area is 61.0 Å². The number of hydrogen-bond donors (Lipinski definition) is 1. The van der Waals surface area contributed by atoms with Crippen molar-refractivity contribution in [1.29, 1.82) is 0 Å². The Kier molecular flexibility index (Phi) is 2.00. The van der Waals surface area contributed by atoms with E-state index < -0.39 is 11.8 Å². The normalized spacial score (nSPS) is 11.5. The fourth-order valence-corrected chi connectivity index (χ4v) is 0.476.